The lowest BCUT2D eigenvalue weighted by Crippen LogP contribution is -1.98. The van der Waals surface area contributed by atoms with E-state index in [-0.39, 0.29) is 0 Å². The highest BCUT2D eigenvalue weighted by Gasteiger charge is 2.02. The van der Waals surface area contributed by atoms with E-state index >= 15 is 0 Å². The van der Waals surface area contributed by atoms with Crippen LogP contribution in [0.3, 0.4) is 0 Å². The molecule has 0 spiro atoms. The first-order valence-electron chi connectivity index (χ1n) is 4.63. The van der Waals surface area contributed by atoms with Gasteiger partial charge in [-0.1, -0.05) is 26.2 Å². The fraction of sp³-hybridized carbons (Fsp3) is 0.818. The van der Waals surface area contributed by atoms with Gasteiger partial charge in [-0.05, 0) is 31.4 Å². The third kappa shape index (κ3) is 6.61. The van der Waals surface area contributed by atoms with Crippen LogP contribution in [0.1, 0.15) is 39.5 Å². The lowest BCUT2D eigenvalue weighted by Gasteiger charge is -2.10. The van der Waals surface area contributed by atoms with Crippen LogP contribution in [0.4, 0.5) is 0 Å². The van der Waals surface area contributed by atoms with Gasteiger partial charge in [0.15, 0.2) is 0 Å². The molecule has 0 aromatic heterocycles. The summed E-state index contributed by atoms with van der Waals surface area (Å²) in [5.41, 5.74) is 0. The second kappa shape index (κ2) is 7.55. The van der Waals surface area contributed by atoms with Crippen molar-refractivity contribution in [2.75, 3.05) is 6.26 Å². The highest BCUT2D eigenvalue weighted by atomic mass is 32.2. The van der Waals surface area contributed by atoms with Crippen molar-refractivity contribution in [2.45, 2.75) is 44.8 Å². The maximum atomic E-state index is 6.84. The van der Waals surface area contributed by atoms with Crippen LogP contribution >= 0.6 is 11.8 Å². The molecule has 0 aromatic rings. The van der Waals surface area contributed by atoms with Crippen molar-refractivity contribution < 1.29 is 0 Å². The topological polar surface area (TPSA) is 0 Å². The molecular weight excluding hydrogens is 164 g/mol. The van der Waals surface area contributed by atoms with Crippen LogP contribution in [0.2, 0.25) is 0 Å². The Hall–Kier alpha value is -0.0900. The van der Waals surface area contributed by atoms with E-state index in [4.69, 9.17) is 6.42 Å². The lowest BCUT2D eigenvalue weighted by atomic mass is 10.0. The molecule has 0 nitrogen and oxygen atoms in total. The van der Waals surface area contributed by atoms with Gasteiger partial charge >= 0.3 is 0 Å². The SMILES string of the molecule is [C]#CCC(C)CCCC(C)SC. The first-order valence-corrected chi connectivity index (χ1v) is 5.91. The summed E-state index contributed by atoms with van der Waals surface area (Å²) < 4.78 is 0. The molecule has 2 atom stereocenters. The van der Waals surface area contributed by atoms with Crippen molar-refractivity contribution in [3.05, 3.63) is 6.42 Å². The number of hydrogen-bond acceptors (Lipinski definition) is 1. The molecule has 0 bridgehead atoms. The molecule has 1 heteroatoms. The monoisotopic (exact) mass is 183 g/mol. The number of thioether (sulfide) groups is 1. The normalized spacial score (nSPS) is 15.2. The van der Waals surface area contributed by atoms with Gasteiger partial charge in [-0.25, -0.2) is 0 Å². The fourth-order valence-corrected chi connectivity index (χ4v) is 1.55. The zero-order valence-electron chi connectivity index (χ0n) is 8.39. The smallest absolute Gasteiger partial charge is 0.0125 e. The highest BCUT2D eigenvalue weighted by Crippen LogP contribution is 2.17. The second-order valence-corrected chi connectivity index (χ2v) is 4.74. The average molecular weight is 183 g/mol. The largest absolute Gasteiger partial charge is 0.162 e. The summed E-state index contributed by atoms with van der Waals surface area (Å²) in [5, 5.41) is 0.793. The van der Waals surface area contributed by atoms with Crippen LogP contribution < -0.4 is 0 Å². The Morgan fingerprint density at radius 1 is 1.33 bits per heavy atom. The van der Waals surface area contributed by atoms with Gasteiger partial charge in [0.2, 0.25) is 0 Å². The minimum Gasteiger partial charge on any atom is -0.162 e. The predicted octanol–water partition coefficient (Wildman–Crippen LogP) is 3.52. The molecule has 0 heterocycles. The molecule has 69 valence electrons. The Morgan fingerprint density at radius 2 is 2.00 bits per heavy atom. The molecule has 2 unspecified atom stereocenters. The van der Waals surface area contributed by atoms with Crippen LogP contribution in [0, 0.1) is 18.3 Å². The number of hydrogen-bond donors (Lipinski definition) is 0. The van der Waals surface area contributed by atoms with E-state index < -0.39 is 0 Å². The summed E-state index contributed by atoms with van der Waals surface area (Å²) in [6.07, 6.45) is 13.7. The molecular formula is C11H19S. The van der Waals surface area contributed by atoms with Crippen molar-refractivity contribution in [1.29, 1.82) is 0 Å². The molecule has 0 aliphatic carbocycles. The highest BCUT2D eigenvalue weighted by molar-refractivity contribution is 7.99. The van der Waals surface area contributed by atoms with Crippen LogP contribution in [0.15, 0.2) is 0 Å². The zero-order chi connectivity index (χ0) is 9.40. The van der Waals surface area contributed by atoms with E-state index in [1.165, 1.54) is 19.3 Å². The quantitative estimate of drug-likeness (QED) is 0.568. The van der Waals surface area contributed by atoms with Crippen molar-refractivity contribution in [3.63, 3.8) is 0 Å². The predicted molar refractivity (Wildman–Crippen MR) is 57.7 cm³/mol. The van der Waals surface area contributed by atoms with E-state index in [0.29, 0.717) is 5.92 Å². The minimum atomic E-state index is 0.650. The van der Waals surface area contributed by atoms with E-state index in [1.54, 1.807) is 0 Å². The van der Waals surface area contributed by atoms with Gasteiger partial charge in [-0.2, -0.15) is 11.8 Å². The summed E-state index contributed by atoms with van der Waals surface area (Å²) in [4.78, 5) is 0. The average Bonchev–Trinajstić information content (AvgIpc) is 2.04. The van der Waals surface area contributed by atoms with Crippen molar-refractivity contribution in [3.8, 4) is 5.92 Å². The molecule has 1 radical (unpaired) electrons. The molecule has 0 fully saturated rings. The summed E-state index contributed by atoms with van der Waals surface area (Å²) in [7, 11) is 0. The molecule has 0 N–H and O–H groups in total. The fourth-order valence-electron chi connectivity index (χ4n) is 1.15. The van der Waals surface area contributed by atoms with E-state index in [0.717, 1.165) is 11.7 Å². The first kappa shape index (κ1) is 11.9. The molecule has 12 heavy (non-hydrogen) atoms. The minimum absolute atomic E-state index is 0.650. The van der Waals surface area contributed by atoms with Gasteiger partial charge in [-0.3, -0.25) is 0 Å². The Kier molecular flexibility index (Phi) is 7.50. The Morgan fingerprint density at radius 3 is 2.50 bits per heavy atom. The van der Waals surface area contributed by atoms with Gasteiger partial charge in [0.25, 0.3) is 0 Å². The van der Waals surface area contributed by atoms with Crippen LogP contribution in [-0.2, 0) is 0 Å². The van der Waals surface area contributed by atoms with Gasteiger partial charge < -0.3 is 0 Å². The lowest BCUT2D eigenvalue weighted by molar-refractivity contribution is 0.509. The summed E-state index contributed by atoms with van der Waals surface area (Å²) in [6, 6.07) is 0. The second-order valence-electron chi connectivity index (χ2n) is 3.46. The van der Waals surface area contributed by atoms with Crippen molar-refractivity contribution in [1.82, 2.24) is 0 Å². The van der Waals surface area contributed by atoms with Crippen LogP contribution in [0.25, 0.3) is 0 Å². The molecule has 0 aliphatic heterocycles. The summed E-state index contributed by atoms with van der Waals surface area (Å²) >= 11 is 1.94. The maximum Gasteiger partial charge on any atom is 0.0125 e. The Balaban J connectivity index is 3.25. The zero-order valence-corrected chi connectivity index (χ0v) is 9.21. The van der Waals surface area contributed by atoms with E-state index in [9.17, 15) is 0 Å². The van der Waals surface area contributed by atoms with Gasteiger partial charge in [0.05, 0.1) is 0 Å². The Bertz CT molecular complexity index is 134. The van der Waals surface area contributed by atoms with Gasteiger partial charge in [0.1, 0.15) is 0 Å². The van der Waals surface area contributed by atoms with Crippen molar-refractivity contribution in [2.24, 2.45) is 5.92 Å². The first-order chi connectivity index (χ1) is 5.70. The van der Waals surface area contributed by atoms with Crippen LogP contribution in [-0.4, -0.2) is 11.5 Å². The molecule has 0 rings (SSSR count). The third-order valence-corrected chi connectivity index (χ3v) is 3.20. The molecule has 0 amide bonds. The third-order valence-electron chi connectivity index (χ3n) is 2.16. The summed E-state index contributed by atoms with van der Waals surface area (Å²) in [6.45, 7) is 4.48. The molecule has 0 aliphatic rings. The maximum absolute atomic E-state index is 6.84. The Labute approximate surface area is 81.5 Å². The van der Waals surface area contributed by atoms with Crippen molar-refractivity contribution >= 4 is 11.8 Å². The van der Waals surface area contributed by atoms with Gasteiger partial charge in [0, 0.05) is 11.7 Å². The molecule has 0 saturated heterocycles. The van der Waals surface area contributed by atoms with E-state index in [2.05, 4.69) is 26.0 Å². The number of rotatable bonds is 6. The molecule has 0 aromatic carbocycles. The summed E-state index contributed by atoms with van der Waals surface area (Å²) in [5.74, 6) is 3.11. The van der Waals surface area contributed by atoms with Gasteiger partial charge in [-0.15, -0.1) is 0 Å². The van der Waals surface area contributed by atoms with Crippen LogP contribution in [0.5, 0.6) is 0 Å². The van der Waals surface area contributed by atoms with E-state index in [1.807, 2.05) is 11.8 Å². The standard InChI is InChI=1S/C11H19S/c1-5-7-10(2)8-6-9-11(3)12-4/h10-11H,6-9H2,2-4H3. The molecule has 0 saturated carbocycles.